The van der Waals surface area contributed by atoms with Crippen molar-refractivity contribution in [3.05, 3.63) is 12.7 Å². The third-order valence-corrected chi connectivity index (χ3v) is 4.76. The van der Waals surface area contributed by atoms with Crippen LogP contribution in [0.1, 0.15) is 20.1 Å². The van der Waals surface area contributed by atoms with Gasteiger partial charge in [-0.1, -0.05) is 13.8 Å². The molecule has 2 unspecified atom stereocenters. The van der Waals surface area contributed by atoms with Gasteiger partial charge < -0.3 is 30.3 Å². The third-order valence-electron chi connectivity index (χ3n) is 4.76. The normalized spacial score (nSPS) is 26.1. The highest BCUT2D eigenvalue weighted by atomic mass is 16.6. The number of rotatable bonds is 8. The van der Waals surface area contributed by atoms with Gasteiger partial charge in [-0.2, -0.15) is 0 Å². The van der Waals surface area contributed by atoms with Gasteiger partial charge in [0.05, 0.1) is 12.9 Å². The molecule has 144 valence electrons. The van der Waals surface area contributed by atoms with E-state index in [1.54, 1.807) is 4.57 Å². The molecular weight excluding hydrogens is 340 g/mol. The van der Waals surface area contributed by atoms with Crippen molar-refractivity contribution in [1.29, 1.82) is 0 Å². The Morgan fingerprint density at radius 2 is 1.96 bits per heavy atom. The fourth-order valence-electron chi connectivity index (χ4n) is 3.15. The van der Waals surface area contributed by atoms with Crippen LogP contribution in [-0.2, 0) is 4.74 Å². The molecule has 2 aromatic heterocycles. The molecule has 0 saturated carbocycles. The Morgan fingerprint density at radius 1 is 1.19 bits per heavy atom. The number of nitrogens with zero attached hydrogens (tertiary/aromatic N) is 5. The van der Waals surface area contributed by atoms with Crippen LogP contribution in [0.25, 0.3) is 11.2 Å². The lowest BCUT2D eigenvalue weighted by atomic mass is 10.1. The third kappa shape index (κ3) is 3.51. The Balaban J connectivity index is 1.79. The molecule has 1 fully saturated rings. The number of hydrogen-bond acceptors (Lipinski definition) is 9. The molecule has 4 atom stereocenters. The Kier molecular flexibility index (Phi) is 5.99. The zero-order valence-electron chi connectivity index (χ0n) is 15.0. The average molecular weight is 366 g/mol. The van der Waals surface area contributed by atoms with Gasteiger partial charge in [0.1, 0.15) is 24.6 Å². The average Bonchev–Trinajstić information content (AvgIpc) is 3.21. The van der Waals surface area contributed by atoms with Crippen molar-refractivity contribution in [1.82, 2.24) is 24.4 Å². The van der Waals surface area contributed by atoms with E-state index >= 15 is 0 Å². The smallest absolute Gasteiger partial charge is 0.167 e. The van der Waals surface area contributed by atoms with Gasteiger partial charge in [-0.15, -0.1) is 0 Å². The van der Waals surface area contributed by atoms with Crippen LogP contribution in [0.5, 0.6) is 0 Å². The standard InChI is InChI=1S/C16H26N6O4/c1-3-21(4-2)6-5-17-14-11-15(19-8-18-14)22(9-20-11)16-13(25)12(24)10(7-23)26-16/h8-10,12-13,16,23-25H,3-7H2,1-2H3,(H,17,18,19)/t10-,12?,13?,16-/m1/s1. The van der Waals surface area contributed by atoms with Crippen molar-refractivity contribution in [2.45, 2.75) is 38.4 Å². The number of aliphatic hydroxyl groups is 3. The van der Waals surface area contributed by atoms with E-state index in [9.17, 15) is 15.3 Å². The summed E-state index contributed by atoms with van der Waals surface area (Å²) in [4.78, 5) is 15.1. The van der Waals surface area contributed by atoms with Gasteiger partial charge in [0, 0.05) is 13.1 Å². The minimum Gasteiger partial charge on any atom is -0.394 e. The fourth-order valence-corrected chi connectivity index (χ4v) is 3.15. The topological polar surface area (TPSA) is 129 Å². The van der Waals surface area contributed by atoms with Gasteiger partial charge in [0.2, 0.25) is 0 Å². The molecule has 0 radical (unpaired) electrons. The molecule has 1 saturated heterocycles. The summed E-state index contributed by atoms with van der Waals surface area (Å²) in [6.07, 6.45) is -1.15. The minimum atomic E-state index is -1.18. The highest BCUT2D eigenvalue weighted by Crippen LogP contribution is 2.31. The molecule has 0 aromatic carbocycles. The molecule has 1 aliphatic heterocycles. The Morgan fingerprint density at radius 3 is 2.62 bits per heavy atom. The first kappa shape index (κ1) is 18.9. The van der Waals surface area contributed by atoms with Crippen molar-refractivity contribution < 1.29 is 20.1 Å². The second kappa shape index (κ2) is 8.23. The van der Waals surface area contributed by atoms with Gasteiger partial charge in [0.25, 0.3) is 0 Å². The first-order chi connectivity index (χ1) is 12.6. The number of ether oxygens (including phenoxy) is 1. The number of hydrogen-bond donors (Lipinski definition) is 4. The molecule has 10 heteroatoms. The highest BCUT2D eigenvalue weighted by molar-refractivity contribution is 5.82. The van der Waals surface area contributed by atoms with Gasteiger partial charge in [0.15, 0.2) is 23.2 Å². The van der Waals surface area contributed by atoms with E-state index in [1.165, 1.54) is 12.7 Å². The van der Waals surface area contributed by atoms with Gasteiger partial charge in [-0.25, -0.2) is 15.0 Å². The van der Waals surface area contributed by atoms with Gasteiger partial charge in [-0.3, -0.25) is 4.57 Å². The van der Waals surface area contributed by atoms with E-state index in [1.807, 2.05) is 0 Å². The SMILES string of the molecule is CCN(CC)CCNc1ncnc2c1ncn2[C@@H]1O[C@H](CO)C(O)C1O. The van der Waals surface area contributed by atoms with Crippen LogP contribution in [0, 0.1) is 0 Å². The highest BCUT2D eigenvalue weighted by Gasteiger charge is 2.44. The predicted molar refractivity (Wildman–Crippen MR) is 94.6 cm³/mol. The van der Waals surface area contributed by atoms with Crippen LogP contribution in [-0.4, -0.2) is 90.8 Å². The number of fused-ring (bicyclic) bond motifs is 1. The lowest BCUT2D eigenvalue weighted by molar-refractivity contribution is -0.0511. The van der Waals surface area contributed by atoms with Crippen LogP contribution in [0.3, 0.4) is 0 Å². The lowest BCUT2D eigenvalue weighted by Crippen LogP contribution is -2.33. The zero-order valence-corrected chi connectivity index (χ0v) is 15.0. The van der Waals surface area contributed by atoms with Crippen LogP contribution < -0.4 is 5.32 Å². The molecule has 0 amide bonds. The molecule has 3 heterocycles. The molecule has 0 bridgehead atoms. The Hall–Kier alpha value is -1.85. The predicted octanol–water partition coefficient (Wildman–Crippen LogP) is -0.808. The monoisotopic (exact) mass is 366 g/mol. The molecule has 0 aliphatic carbocycles. The van der Waals surface area contributed by atoms with Crippen molar-refractivity contribution in [3.63, 3.8) is 0 Å². The van der Waals surface area contributed by atoms with Gasteiger partial charge >= 0.3 is 0 Å². The Bertz CT molecular complexity index is 722. The van der Waals surface area contributed by atoms with E-state index in [4.69, 9.17) is 4.74 Å². The maximum Gasteiger partial charge on any atom is 0.167 e. The summed E-state index contributed by atoms with van der Waals surface area (Å²) < 4.78 is 7.11. The molecule has 4 N–H and O–H groups in total. The van der Waals surface area contributed by atoms with E-state index in [2.05, 4.69) is 39.0 Å². The van der Waals surface area contributed by atoms with Crippen molar-refractivity contribution in [2.75, 3.05) is 38.1 Å². The van der Waals surface area contributed by atoms with E-state index in [0.717, 1.165) is 19.6 Å². The molecule has 0 spiro atoms. The lowest BCUT2D eigenvalue weighted by Gasteiger charge is -2.18. The van der Waals surface area contributed by atoms with Crippen LogP contribution in [0.2, 0.25) is 0 Å². The summed E-state index contributed by atoms with van der Waals surface area (Å²) in [5, 5.41) is 32.7. The number of imidazole rings is 1. The van der Waals surface area contributed by atoms with Crippen LogP contribution in [0.4, 0.5) is 5.82 Å². The molecule has 1 aliphatic rings. The number of likely N-dealkylation sites (N-methyl/N-ethyl adjacent to an activating group) is 1. The summed E-state index contributed by atoms with van der Waals surface area (Å²) in [7, 11) is 0. The number of aromatic nitrogens is 4. The molecule has 2 aromatic rings. The minimum absolute atomic E-state index is 0.380. The fraction of sp³-hybridized carbons (Fsp3) is 0.688. The van der Waals surface area contributed by atoms with Crippen molar-refractivity contribution in [2.24, 2.45) is 0 Å². The Labute approximate surface area is 151 Å². The summed E-state index contributed by atoms with van der Waals surface area (Å²) in [6, 6.07) is 0. The molecular formula is C16H26N6O4. The van der Waals surface area contributed by atoms with E-state index in [0.29, 0.717) is 23.5 Å². The maximum absolute atomic E-state index is 10.2. The molecule has 10 nitrogen and oxygen atoms in total. The second-order valence-electron chi connectivity index (χ2n) is 6.23. The maximum atomic E-state index is 10.2. The quantitative estimate of drug-likeness (QED) is 0.474. The number of nitrogens with one attached hydrogen (secondary N) is 1. The summed E-state index contributed by atoms with van der Waals surface area (Å²) >= 11 is 0. The first-order valence-electron chi connectivity index (χ1n) is 8.86. The zero-order chi connectivity index (χ0) is 18.7. The van der Waals surface area contributed by atoms with Crippen LogP contribution >= 0.6 is 0 Å². The second-order valence-corrected chi connectivity index (χ2v) is 6.23. The molecule has 3 rings (SSSR count). The van der Waals surface area contributed by atoms with Crippen molar-refractivity contribution in [3.8, 4) is 0 Å². The van der Waals surface area contributed by atoms with E-state index < -0.39 is 24.5 Å². The van der Waals surface area contributed by atoms with Gasteiger partial charge in [-0.05, 0) is 13.1 Å². The number of anilines is 1. The van der Waals surface area contributed by atoms with Crippen molar-refractivity contribution >= 4 is 17.0 Å². The largest absolute Gasteiger partial charge is 0.394 e. The summed E-state index contributed by atoms with van der Waals surface area (Å²) in [5.41, 5.74) is 1.05. The summed E-state index contributed by atoms with van der Waals surface area (Å²) in [5.74, 6) is 0.604. The van der Waals surface area contributed by atoms with Crippen LogP contribution in [0.15, 0.2) is 12.7 Å². The van der Waals surface area contributed by atoms with E-state index in [-0.39, 0.29) is 6.61 Å². The first-order valence-corrected chi connectivity index (χ1v) is 8.86. The number of aliphatic hydroxyl groups excluding tert-OH is 3. The summed E-state index contributed by atoms with van der Waals surface area (Å²) in [6.45, 7) is 7.43. The molecule has 26 heavy (non-hydrogen) atoms.